The van der Waals surface area contributed by atoms with Crippen molar-refractivity contribution in [3.8, 4) is 0 Å². The molecule has 1 aromatic carbocycles. The summed E-state index contributed by atoms with van der Waals surface area (Å²) in [5, 5.41) is 0. The highest BCUT2D eigenvalue weighted by atomic mass is 31.0. The average Bonchev–Trinajstić information content (AvgIpc) is 3.18. The van der Waals surface area contributed by atoms with Crippen LogP contribution in [0.5, 0.6) is 0 Å². The van der Waals surface area contributed by atoms with Crippen LogP contribution in [0.25, 0.3) is 0 Å². The molecule has 1 heterocycles. The first-order chi connectivity index (χ1) is 14.4. The van der Waals surface area contributed by atoms with Crippen molar-refractivity contribution in [3.05, 3.63) is 35.4 Å². The van der Waals surface area contributed by atoms with Gasteiger partial charge in [0.2, 0.25) is 5.91 Å². The van der Waals surface area contributed by atoms with Crippen LogP contribution in [-0.4, -0.2) is 52.7 Å². The molecule has 0 bridgehead atoms. The maximum absolute atomic E-state index is 13.4. The summed E-state index contributed by atoms with van der Waals surface area (Å²) in [6.07, 6.45) is 7.38. The Labute approximate surface area is 183 Å². The van der Waals surface area contributed by atoms with E-state index in [0.717, 1.165) is 25.8 Å². The Morgan fingerprint density at radius 1 is 1.20 bits per heavy atom. The number of hydrogen-bond acceptors (Lipinski definition) is 4. The average molecular weight is 433 g/mol. The molecule has 0 aromatic heterocycles. The summed E-state index contributed by atoms with van der Waals surface area (Å²) in [5.74, 6) is 0.551. The molecule has 6 heteroatoms. The van der Waals surface area contributed by atoms with Crippen LogP contribution in [0.15, 0.2) is 24.3 Å². The number of amides is 1. The lowest BCUT2D eigenvalue weighted by atomic mass is 9.85. The molecule has 0 radical (unpaired) electrons. The molecular formula is C24H37N2O3P. The van der Waals surface area contributed by atoms with Gasteiger partial charge in [0.1, 0.15) is 6.04 Å². The topological polar surface area (TPSA) is 49.9 Å². The molecule has 3 rings (SSSR count). The molecule has 1 aliphatic carbocycles. The number of carbonyl (C=O) groups is 2. The van der Waals surface area contributed by atoms with Gasteiger partial charge in [-0.25, -0.2) is 0 Å². The summed E-state index contributed by atoms with van der Waals surface area (Å²) < 4.78 is 7.21. The van der Waals surface area contributed by atoms with Crippen molar-refractivity contribution >= 4 is 21.3 Å². The zero-order valence-electron chi connectivity index (χ0n) is 18.7. The first-order valence-electron chi connectivity index (χ1n) is 11.5. The third-order valence-corrected chi connectivity index (χ3v) is 7.65. The van der Waals surface area contributed by atoms with E-state index in [2.05, 4.69) is 45.5 Å². The van der Waals surface area contributed by atoms with Crippen LogP contribution in [0, 0.1) is 12.8 Å². The lowest BCUT2D eigenvalue weighted by Crippen LogP contribution is -2.51. The Morgan fingerprint density at radius 2 is 1.90 bits per heavy atom. The highest BCUT2D eigenvalue weighted by molar-refractivity contribution is 7.13. The van der Waals surface area contributed by atoms with Crippen LogP contribution in [0.3, 0.4) is 0 Å². The minimum atomic E-state index is -0.458. The van der Waals surface area contributed by atoms with Gasteiger partial charge < -0.3 is 9.64 Å². The number of rotatable bonds is 8. The summed E-state index contributed by atoms with van der Waals surface area (Å²) in [5.41, 5.74) is 2.41. The lowest BCUT2D eigenvalue weighted by molar-refractivity contribution is -0.149. The van der Waals surface area contributed by atoms with E-state index in [0.29, 0.717) is 25.0 Å². The summed E-state index contributed by atoms with van der Waals surface area (Å²) >= 11 is 0. The number of likely N-dealkylation sites (tertiary alicyclic amines) is 1. The van der Waals surface area contributed by atoms with Crippen molar-refractivity contribution in [2.24, 2.45) is 5.92 Å². The van der Waals surface area contributed by atoms with E-state index in [9.17, 15) is 9.59 Å². The SMILES string of the molecule is CCOC(=O)C(CCc1ccc(C)cc1)N(P)C(C)C(=O)N1CCC2CCCCC21. The number of ether oxygens (including phenoxy) is 1. The van der Waals surface area contributed by atoms with Crippen molar-refractivity contribution < 1.29 is 14.3 Å². The summed E-state index contributed by atoms with van der Waals surface area (Å²) in [7, 11) is 2.65. The van der Waals surface area contributed by atoms with Gasteiger partial charge in [0.15, 0.2) is 0 Å². The van der Waals surface area contributed by atoms with Gasteiger partial charge in [-0.1, -0.05) is 52.1 Å². The maximum atomic E-state index is 13.4. The molecule has 30 heavy (non-hydrogen) atoms. The third kappa shape index (κ3) is 5.42. The van der Waals surface area contributed by atoms with E-state index in [1.165, 1.54) is 30.4 Å². The molecular weight excluding hydrogens is 395 g/mol. The zero-order chi connectivity index (χ0) is 21.7. The van der Waals surface area contributed by atoms with Gasteiger partial charge in [0.25, 0.3) is 0 Å². The number of aryl methyl sites for hydroxylation is 2. The van der Waals surface area contributed by atoms with E-state index in [1.54, 1.807) is 0 Å². The van der Waals surface area contributed by atoms with Gasteiger partial charge in [-0.05, 0) is 64.4 Å². The third-order valence-electron chi connectivity index (χ3n) is 6.84. The van der Waals surface area contributed by atoms with Gasteiger partial charge in [0.05, 0.1) is 12.6 Å². The van der Waals surface area contributed by atoms with E-state index in [1.807, 2.05) is 18.5 Å². The molecule has 5 atom stereocenters. The number of carbonyl (C=O) groups excluding carboxylic acids is 2. The molecule has 166 valence electrons. The summed E-state index contributed by atoms with van der Waals surface area (Å²) in [4.78, 5) is 28.2. The second-order valence-corrected chi connectivity index (χ2v) is 9.44. The van der Waals surface area contributed by atoms with Crippen molar-refractivity contribution in [2.75, 3.05) is 13.2 Å². The number of benzene rings is 1. The predicted octanol–water partition coefficient (Wildman–Crippen LogP) is 4.13. The Kier molecular flexibility index (Phi) is 8.30. The Morgan fingerprint density at radius 3 is 2.60 bits per heavy atom. The van der Waals surface area contributed by atoms with Crippen LogP contribution in [-0.2, 0) is 20.7 Å². The smallest absolute Gasteiger partial charge is 0.323 e. The lowest BCUT2D eigenvalue weighted by Gasteiger charge is -2.37. The molecule has 1 saturated carbocycles. The van der Waals surface area contributed by atoms with Gasteiger partial charge in [-0.15, -0.1) is 0 Å². The first kappa shape index (κ1) is 23.2. The molecule has 1 aliphatic heterocycles. The molecule has 1 aromatic rings. The van der Waals surface area contributed by atoms with Crippen molar-refractivity contribution in [3.63, 3.8) is 0 Å². The predicted molar refractivity (Wildman–Crippen MR) is 123 cm³/mol. The largest absolute Gasteiger partial charge is 0.465 e. The molecule has 0 spiro atoms. The van der Waals surface area contributed by atoms with Crippen molar-refractivity contribution in [1.82, 2.24) is 9.57 Å². The van der Waals surface area contributed by atoms with Gasteiger partial charge in [-0.3, -0.25) is 14.3 Å². The number of esters is 1. The Hall–Kier alpha value is -1.45. The second kappa shape index (κ2) is 10.7. The maximum Gasteiger partial charge on any atom is 0.323 e. The highest BCUT2D eigenvalue weighted by Crippen LogP contribution is 2.37. The molecule has 1 saturated heterocycles. The van der Waals surface area contributed by atoms with Gasteiger partial charge >= 0.3 is 5.97 Å². The van der Waals surface area contributed by atoms with Gasteiger partial charge in [0, 0.05) is 12.6 Å². The normalized spacial score (nSPS) is 23.2. The van der Waals surface area contributed by atoms with E-state index >= 15 is 0 Å². The van der Waals surface area contributed by atoms with Crippen LogP contribution in [0.2, 0.25) is 0 Å². The fourth-order valence-electron chi connectivity index (χ4n) is 5.00. The minimum absolute atomic E-state index is 0.143. The summed E-state index contributed by atoms with van der Waals surface area (Å²) in [6.45, 7) is 7.01. The monoisotopic (exact) mass is 432 g/mol. The van der Waals surface area contributed by atoms with Crippen LogP contribution < -0.4 is 0 Å². The quantitative estimate of drug-likeness (QED) is 0.458. The van der Waals surface area contributed by atoms with E-state index < -0.39 is 6.04 Å². The van der Waals surface area contributed by atoms with E-state index in [-0.39, 0.29) is 17.9 Å². The van der Waals surface area contributed by atoms with Crippen LogP contribution >= 0.6 is 9.39 Å². The summed E-state index contributed by atoms with van der Waals surface area (Å²) in [6, 6.07) is 7.95. The Balaban J connectivity index is 1.67. The highest BCUT2D eigenvalue weighted by Gasteiger charge is 2.41. The standard InChI is InChI=1S/C24H37N2O3P/c1-4-29-24(28)22(14-13-19-11-9-17(2)10-12-19)26(30)18(3)23(27)25-16-15-20-7-5-6-8-21(20)25/h9-12,18,20-22H,4-8,13-16,30H2,1-3H3. The van der Waals surface area contributed by atoms with Crippen LogP contribution in [0.1, 0.15) is 63.5 Å². The van der Waals surface area contributed by atoms with E-state index in [4.69, 9.17) is 4.74 Å². The zero-order valence-corrected chi connectivity index (χ0v) is 19.8. The minimum Gasteiger partial charge on any atom is -0.465 e. The Bertz CT molecular complexity index is 724. The fraction of sp³-hybridized carbons (Fsp3) is 0.667. The van der Waals surface area contributed by atoms with Crippen molar-refractivity contribution in [2.45, 2.75) is 83.8 Å². The van der Waals surface area contributed by atoms with Crippen molar-refractivity contribution in [1.29, 1.82) is 0 Å². The first-order valence-corrected chi connectivity index (χ1v) is 12.0. The number of nitrogens with zero attached hydrogens (tertiary/aromatic N) is 2. The molecule has 2 aliphatic rings. The number of hydrogen-bond donors (Lipinski definition) is 0. The number of fused-ring (bicyclic) bond motifs is 1. The fourth-order valence-corrected chi connectivity index (χ4v) is 5.40. The second-order valence-electron chi connectivity index (χ2n) is 8.85. The molecule has 5 unspecified atom stereocenters. The molecule has 2 fully saturated rings. The molecule has 0 N–H and O–H groups in total. The molecule has 5 nitrogen and oxygen atoms in total. The van der Waals surface area contributed by atoms with Gasteiger partial charge in [-0.2, -0.15) is 0 Å². The van der Waals surface area contributed by atoms with Crippen LogP contribution in [0.4, 0.5) is 0 Å². The molecule has 1 amide bonds.